The molecule has 82 valence electrons. The molecule has 0 bridgehead atoms. The van der Waals surface area contributed by atoms with Crippen LogP contribution in [0.2, 0.25) is 0 Å². The van der Waals surface area contributed by atoms with Gasteiger partial charge in [-0.3, -0.25) is 4.98 Å². The molecule has 0 radical (unpaired) electrons. The number of hydrogen-bond donors (Lipinski definition) is 1. The summed E-state index contributed by atoms with van der Waals surface area (Å²) in [6.07, 6.45) is 3.40. The Kier molecular flexibility index (Phi) is 3.51. The minimum absolute atomic E-state index is 0.817. The van der Waals surface area contributed by atoms with E-state index in [4.69, 9.17) is 0 Å². The predicted octanol–water partition coefficient (Wildman–Crippen LogP) is 3.34. The third-order valence-electron chi connectivity index (χ3n) is 2.17. The molecule has 0 aliphatic carbocycles. The summed E-state index contributed by atoms with van der Waals surface area (Å²) in [4.78, 5) is 8.66. The van der Waals surface area contributed by atoms with Crippen molar-refractivity contribution in [1.82, 2.24) is 9.97 Å². The van der Waals surface area contributed by atoms with E-state index in [1.807, 2.05) is 31.2 Å². The maximum Gasteiger partial charge on any atom is 0.152 e. The number of rotatable bonds is 3. The molecule has 2 rings (SSSR count). The lowest BCUT2D eigenvalue weighted by molar-refractivity contribution is 1.12. The van der Waals surface area contributed by atoms with E-state index >= 15 is 0 Å². The molecule has 0 fully saturated rings. The molecule has 0 saturated carbocycles. The Hall–Kier alpha value is -1.42. The van der Waals surface area contributed by atoms with E-state index in [-0.39, 0.29) is 0 Å². The second-order valence-electron chi connectivity index (χ2n) is 3.26. The van der Waals surface area contributed by atoms with Crippen LogP contribution >= 0.6 is 15.9 Å². The number of halogens is 1. The summed E-state index contributed by atoms with van der Waals surface area (Å²) in [6.45, 7) is 2.87. The fraction of sp³-hybridized carbons (Fsp3) is 0.167. The van der Waals surface area contributed by atoms with Crippen molar-refractivity contribution in [3.05, 3.63) is 41.1 Å². The van der Waals surface area contributed by atoms with Crippen molar-refractivity contribution < 1.29 is 0 Å². The molecule has 1 N–H and O–H groups in total. The molecular formula is C12H12BrN3. The zero-order valence-electron chi connectivity index (χ0n) is 8.94. The molecule has 3 nitrogen and oxygen atoms in total. The van der Waals surface area contributed by atoms with Crippen molar-refractivity contribution in [2.75, 3.05) is 11.9 Å². The molecule has 0 atom stereocenters. The van der Waals surface area contributed by atoms with Crippen LogP contribution in [0.4, 0.5) is 5.82 Å². The summed E-state index contributed by atoms with van der Waals surface area (Å²) >= 11 is 3.52. The smallest absolute Gasteiger partial charge is 0.152 e. The first kappa shape index (κ1) is 11.1. The van der Waals surface area contributed by atoms with Crippen LogP contribution in [-0.4, -0.2) is 16.5 Å². The Balaban J connectivity index is 2.51. The monoisotopic (exact) mass is 277 g/mol. The molecule has 16 heavy (non-hydrogen) atoms. The Morgan fingerprint density at radius 2 is 1.94 bits per heavy atom. The van der Waals surface area contributed by atoms with Gasteiger partial charge in [0.2, 0.25) is 0 Å². The average molecular weight is 278 g/mol. The topological polar surface area (TPSA) is 37.8 Å². The summed E-state index contributed by atoms with van der Waals surface area (Å²) in [5.41, 5.74) is 1.92. The van der Waals surface area contributed by atoms with Gasteiger partial charge >= 0.3 is 0 Å². The summed E-state index contributed by atoms with van der Waals surface area (Å²) in [5, 5.41) is 3.21. The highest BCUT2D eigenvalue weighted by atomic mass is 79.9. The first-order chi connectivity index (χ1) is 7.83. The van der Waals surface area contributed by atoms with Gasteiger partial charge in [-0.25, -0.2) is 4.98 Å². The highest BCUT2D eigenvalue weighted by molar-refractivity contribution is 9.10. The van der Waals surface area contributed by atoms with Crippen molar-refractivity contribution in [2.45, 2.75) is 6.92 Å². The second kappa shape index (κ2) is 5.07. The van der Waals surface area contributed by atoms with E-state index in [0.29, 0.717) is 0 Å². The third-order valence-corrected chi connectivity index (χ3v) is 2.86. The Bertz CT molecular complexity index is 485. The molecule has 0 aliphatic heterocycles. The zero-order valence-corrected chi connectivity index (χ0v) is 10.5. The Labute approximate surface area is 103 Å². The highest BCUT2D eigenvalue weighted by Gasteiger charge is 2.09. The SMILES string of the molecule is CCNc1nccnc1-c1ccccc1Br. The van der Waals surface area contributed by atoms with Crippen molar-refractivity contribution in [3.63, 3.8) is 0 Å². The summed E-state index contributed by atoms with van der Waals surface area (Å²) < 4.78 is 1.02. The largest absolute Gasteiger partial charge is 0.369 e. The molecule has 0 unspecified atom stereocenters. The summed E-state index contributed by atoms with van der Waals surface area (Å²) in [6, 6.07) is 8.00. The van der Waals surface area contributed by atoms with Crippen LogP contribution in [-0.2, 0) is 0 Å². The van der Waals surface area contributed by atoms with Crippen LogP contribution in [0.3, 0.4) is 0 Å². The lowest BCUT2D eigenvalue weighted by Crippen LogP contribution is -2.02. The van der Waals surface area contributed by atoms with E-state index in [1.54, 1.807) is 12.4 Å². The molecular weight excluding hydrogens is 266 g/mol. The normalized spacial score (nSPS) is 10.1. The van der Waals surface area contributed by atoms with E-state index < -0.39 is 0 Å². The Morgan fingerprint density at radius 3 is 2.69 bits per heavy atom. The van der Waals surface area contributed by atoms with E-state index in [2.05, 4.69) is 31.2 Å². The van der Waals surface area contributed by atoms with E-state index in [1.165, 1.54) is 0 Å². The van der Waals surface area contributed by atoms with Crippen molar-refractivity contribution >= 4 is 21.7 Å². The fourth-order valence-corrected chi connectivity index (χ4v) is 1.96. The molecule has 0 aliphatic rings. The van der Waals surface area contributed by atoms with E-state index in [9.17, 15) is 0 Å². The summed E-state index contributed by atoms with van der Waals surface area (Å²) in [5.74, 6) is 0.817. The minimum Gasteiger partial charge on any atom is -0.369 e. The maximum absolute atomic E-state index is 4.37. The molecule has 2 aromatic rings. The molecule has 1 aromatic carbocycles. The van der Waals surface area contributed by atoms with Gasteiger partial charge in [-0.2, -0.15) is 0 Å². The number of nitrogens with one attached hydrogen (secondary N) is 1. The average Bonchev–Trinajstić information content (AvgIpc) is 2.31. The van der Waals surface area contributed by atoms with Gasteiger partial charge in [0.05, 0.1) is 0 Å². The van der Waals surface area contributed by atoms with Gasteiger partial charge in [0.15, 0.2) is 5.82 Å². The molecule has 1 aromatic heterocycles. The minimum atomic E-state index is 0.817. The van der Waals surface area contributed by atoms with Gasteiger partial charge in [-0.1, -0.05) is 34.1 Å². The van der Waals surface area contributed by atoms with Crippen molar-refractivity contribution in [1.29, 1.82) is 0 Å². The zero-order chi connectivity index (χ0) is 11.4. The van der Waals surface area contributed by atoms with Crippen molar-refractivity contribution in [3.8, 4) is 11.3 Å². The number of anilines is 1. The Morgan fingerprint density at radius 1 is 1.19 bits per heavy atom. The maximum atomic E-state index is 4.37. The predicted molar refractivity (Wildman–Crippen MR) is 69.3 cm³/mol. The number of aromatic nitrogens is 2. The van der Waals surface area contributed by atoms with Crippen molar-refractivity contribution in [2.24, 2.45) is 0 Å². The standard InChI is InChI=1S/C12H12BrN3/c1-2-14-12-11(15-7-8-16-12)9-5-3-4-6-10(9)13/h3-8H,2H2,1H3,(H,14,16). The number of nitrogens with zero attached hydrogens (tertiary/aromatic N) is 2. The van der Waals surface area contributed by atoms with Gasteiger partial charge < -0.3 is 5.32 Å². The first-order valence-electron chi connectivity index (χ1n) is 5.12. The lowest BCUT2D eigenvalue weighted by Gasteiger charge is -2.09. The van der Waals surface area contributed by atoms with Crippen LogP contribution < -0.4 is 5.32 Å². The summed E-state index contributed by atoms with van der Waals surface area (Å²) in [7, 11) is 0. The van der Waals surface area contributed by atoms with Gasteiger partial charge in [0, 0.05) is 29.0 Å². The highest BCUT2D eigenvalue weighted by Crippen LogP contribution is 2.29. The van der Waals surface area contributed by atoms with Crippen LogP contribution in [0.5, 0.6) is 0 Å². The molecule has 0 spiro atoms. The molecule has 0 saturated heterocycles. The van der Waals surface area contributed by atoms with E-state index in [0.717, 1.165) is 28.1 Å². The molecule has 1 heterocycles. The van der Waals surface area contributed by atoms with Crippen LogP contribution in [0, 0.1) is 0 Å². The van der Waals surface area contributed by atoms with Gasteiger partial charge in [-0.05, 0) is 13.0 Å². The number of benzene rings is 1. The molecule has 4 heteroatoms. The first-order valence-corrected chi connectivity index (χ1v) is 5.92. The molecule has 0 amide bonds. The second-order valence-corrected chi connectivity index (χ2v) is 4.12. The number of hydrogen-bond acceptors (Lipinski definition) is 3. The fourth-order valence-electron chi connectivity index (χ4n) is 1.49. The van der Waals surface area contributed by atoms with Gasteiger partial charge in [0.25, 0.3) is 0 Å². The van der Waals surface area contributed by atoms with Crippen LogP contribution in [0.1, 0.15) is 6.92 Å². The van der Waals surface area contributed by atoms with Gasteiger partial charge in [-0.15, -0.1) is 0 Å². The third kappa shape index (κ3) is 2.22. The lowest BCUT2D eigenvalue weighted by atomic mass is 10.1. The van der Waals surface area contributed by atoms with Crippen LogP contribution in [0.25, 0.3) is 11.3 Å². The van der Waals surface area contributed by atoms with Crippen LogP contribution in [0.15, 0.2) is 41.1 Å². The quantitative estimate of drug-likeness (QED) is 0.935. The van der Waals surface area contributed by atoms with Gasteiger partial charge in [0.1, 0.15) is 5.69 Å².